The van der Waals surface area contributed by atoms with Crippen LogP contribution in [0.4, 0.5) is 4.39 Å². The van der Waals surface area contributed by atoms with E-state index in [9.17, 15) is 9.18 Å². The summed E-state index contributed by atoms with van der Waals surface area (Å²) in [5, 5.41) is 7.25. The normalized spacial score (nSPS) is 15.0. The molecule has 0 radical (unpaired) electrons. The van der Waals surface area contributed by atoms with Crippen LogP contribution in [0.1, 0.15) is 29.0 Å². The van der Waals surface area contributed by atoms with Crippen molar-refractivity contribution in [2.45, 2.75) is 18.9 Å². The Morgan fingerprint density at radius 2 is 1.76 bits per heavy atom. The molecule has 1 aromatic heterocycles. The summed E-state index contributed by atoms with van der Waals surface area (Å²) in [6.45, 7) is 0.134. The second kappa shape index (κ2) is 8.78. The second-order valence-electron chi connectivity index (χ2n) is 7.73. The summed E-state index contributed by atoms with van der Waals surface area (Å²) in [4.78, 5) is 12.2. The lowest BCUT2D eigenvalue weighted by atomic mass is 9.86. The summed E-state index contributed by atoms with van der Waals surface area (Å²) in [6, 6.07) is 21.6. The van der Waals surface area contributed by atoms with Crippen LogP contribution in [0.15, 0.2) is 72.8 Å². The Hall–Kier alpha value is -4.13. The predicted molar refractivity (Wildman–Crippen MR) is 120 cm³/mol. The van der Waals surface area contributed by atoms with E-state index < -0.39 is 0 Å². The third-order valence-electron chi connectivity index (χ3n) is 5.71. The minimum atomic E-state index is -0.333. The first kappa shape index (κ1) is 20.8. The number of nitrogens with one attached hydrogen (secondary N) is 1. The zero-order valence-corrected chi connectivity index (χ0v) is 17.9. The van der Waals surface area contributed by atoms with Gasteiger partial charge in [-0.15, -0.1) is 5.10 Å². The van der Waals surface area contributed by atoms with Crippen LogP contribution in [-0.4, -0.2) is 23.3 Å². The van der Waals surface area contributed by atoms with Crippen LogP contribution in [0, 0.1) is 5.82 Å². The van der Waals surface area contributed by atoms with Gasteiger partial charge >= 0.3 is 5.97 Å². The number of esters is 1. The molecule has 0 bridgehead atoms. The minimum Gasteiger partial charge on any atom is -0.497 e. The second-order valence-corrected chi connectivity index (χ2v) is 7.73. The van der Waals surface area contributed by atoms with Gasteiger partial charge in [0.25, 0.3) is 0 Å². The highest BCUT2D eigenvalue weighted by molar-refractivity contribution is 5.80. The van der Waals surface area contributed by atoms with Gasteiger partial charge in [0.05, 0.1) is 24.8 Å². The smallest absolute Gasteiger partial charge is 0.313 e. The van der Waals surface area contributed by atoms with E-state index in [1.165, 1.54) is 6.07 Å². The van der Waals surface area contributed by atoms with Crippen molar-refractivity contribution in [1.82, 2.24) is 10.2 Å². The Morgan fingerprint density at radius 3 is 2.48 bits per heavy atom. The number of halogens is 1. The zero-order chi connectivity index (χ0) is 22.8. The van der Waals surface area contributed by atoms with Crippen molar-refractivity contribution in [3.63, 3.8) is 0 Å². The van der Waals surface area contributed by atoms with E-state index >= 15 is 0 Å². The Labute approximate surface area is 189 Å². The van der Waals surface area contributed by atoms with Crippen LogP contribution in [-0.2, 0) is 11.4 Å². The zero-order valence-electron chi connectivity index (χ0n) is 17.9. The number of aromatic amines is 1. The molecule has 1 aliphatic heterocycles. The number of rotatable bonds is 6. The summed E-state index contributed by atoms with van der Waals surface area (Å²) in [7, 11) is 1.62. The molecule has 33 heavy (non-hydrogen) atoms. The highest BCUT2D eigenvalue weighted by Crippen LogP contribution is 2.43. The van der Waals surface area contributed by atoms with E-state index in [0.29, 0.717) is 17.2 Å². The number of carbonyl (C=O) groups is 1. The molecule has 6 nitrogen and oxygen atoms in total. The Kier molecular flexibility index (Phi) is 5.52. The predicted octanol–water partition coefficient (Wildman–Crippen LogP) is 5.24. The Bertz CT molecular complexity index is 1280. The average molecular weight is 444 g/mol. The van der Waals surface area contributed by atoms with Crippen molar-refractivity contribution in [2.24, 2.45) is 0 Å². The summed E-state index contributed by atoms with van der Waals surface area (Å²) in [6.07, 6.45) is 0.200. The summed E-state index contributed by atoms with van der Waals surface area (Å²) < 4.78 is 30.2. The largest absolute Gasteiger partial charge is 0.497 e. The van der Waals surface area contributed by atoms with Crippen molar-refractivity contribution >= 4 is 5.97 Å². The molecule has 0 fully saturated rings. The van der Waals surface area contributed by atoms with E-state index in [2.05, 4.69) is 10.2 Å². The fraction of sp³-hybridized carbons (Fsp3) is 0.154. The molecule has 0 aliphatic carbocycles. The minimum absolute atomic E-state index is 0.134. The van der Waals surface area contributed by atoms with Gasteiger partial charge < -0.3 is 14.2 Å². The van der Waals surface area contributed by atoms with Crippen LogP contribution in [0.2, 0.25) is 0 Å². The van der Waals surface area contributed by atoms with Gasteiger partial charge in [0.2, 0.25) is 5.88 Å². The van der Waals surface area contributed by atoms with Gasteiger partial charge in [-0.2, -0.15) is 0 Å². The molecular formula is C26H21FN2O4. The van der Waals surface area contributed by atoms with Gasteiger partial charge in [-0.05, 0) is 48.0 Å². The standard InChI is InChI=1S/C26H21FN2O4/c1-31-19-10-8-17(9-11-19)25-24-21(14-23(30)33-26(24)29-28-25)16-6-12-20(13-7-16)32-15-18-4-2-3-5-22(18)27/h2-13,21H,14-15H2,1H3,(H,28,29). The summed E-state index contributed by atoms with van der Waals surface area (Å²) >= 11 is 0. The molecule has 0 saturated heterocycles. The van der Waals surface area contributed by atoms with Crippen LogP contribution in [0.5, 0.6) is 17.4 Å². The number of nitrogens with zero attached hydrogens (tertiary/aromatic N) is 1. The van der Waals surface area contributed by atoms with Crippen LogP contribution >= 0.6 is 0 Å². The van der Waals surface area contributed by atoms with Gasteiger partial charge in [-0.3, -0.25) is 9.89 Å². The van der Waals surface area contributed by atoms with Crippen LogP contribution in [0.3, 0.4) is 0 Å². The van der Waals surface area contributed by atoms with E-state index in [1.54, 1.807) is 25.3 Å². The van der Waals surface area contributed by atoms with Gasteiger partial charge in [0, 0.05) is 17.0 Å². The Balaban J connectivity index is 1.41. The average Bonchev–Trinajstić information content (AvgIpc) is 3.27. The molecular weight excluding hydrogens is 423 g/mol. The molecule has 1 unspecified atom stereocenters. The quantitative estimate of drug-likeness (QED) is 0.412. The van der Waals surface area contributed by atoms with Crippen molar-refractivity contribution in [1.29, 1.82) is 0 Å². The number of hydrogen-bond acceptors (Lipinski definition) is 5. The van der Waals surface area contributed by atoms with E-state index in [-0.39, 0.29) is 30.7 Å². The molecule has 7 heteroatoms. The first-order valence-corrected chi connectivity index (χ1v) is 10.5. The van der Waals surface area contributed by atoms with Crippen LogP contribution < -0.4 is 14.2 Å². The fourth-order valence-electron chi connectivity index (χ4n) is 3.99. The van der Waals surface area contributed by atoms with E-state index in [1.807, 2.05) is 48.5 Å². The van der Waals surface area contributed by atoms with E-state index in [0.717, 1.165) is 28.1 Å². The number of benzene rings is 3. The lowest BCUT2D eigenvalue weighted by Crippen LogP contribution is -2.20. The maximum atomic E-state index is 13.8. The first-order valence-electron chi connectivity index (χ1n) is 10.5. The molecule has 0 spiro atoms. The molecule has 0 saturated carbocycles. The highest BCUT2D eigenvalue weighted by atomic mass is 19.1. The molecule has 1 atom stereocenters. The van der Waals surface area contributed by atoms with Crippen molar-refractivity contribution in [2.75, 3.05) is 7.11 Å². The van der Waals surface area contributed by atoms with Crippen molar-refractivity contribution in [3.05, 3.63) is 95.3 Å². The molecule has 0 amide bonds. The lowest BCUT2D eigenvalue weighted by molar-refractivity contribution is -0.135. The van der Waals surface area contributed by atoms with Gasteiger partial charge in [-0.1, -0.05) is 30.3 Å². The third kappa shape index (κ3) is 4.17. The fourth-order valence-corrected chi connectivity index (χ4v) is 3.99. The number of ether oxygens (including phenoxy) is 3. The topological polar surface area (TPSA) is 73.4 Å². The number of H-pyrrole nitrogens is 1. The molecule has 1 N–H and O–H groups in total. The molecule has 2 heterocycles. The molecule has 1 aliphatic rings. The lowest BCUT2D eigenvalue weighted by Gasteiger charge is -2.22. The number of aromatic nitrogens is 2. The number of fused-ring (bicyclic) bond motifs is 1. The maximum absolute atomic E-state index is 13.8. The maximum Gasteiger partial charge on any atom is 0.313 e. The number of hydrogen-bond donors (Lipinski definition) is 1. The SMILES string of the molecule is COc1ccc(-c2[nH]nc3c2C(c2ccc(OCc4ccccc4F)cc2)CC(=O)O3)cc1. The molecule has 4 aromatic rings. The third-order valence-corrected chi connectivity index (χ3v) is 5.71. The van der Waals surface area contributed by atoms with Crippen LogP contribution in [0.25, 0.3) is 11.3 Å². The number of carbonyl (C=O) groups excluding carboxylic acids is 1. The summed E-state index contributed by atoms with van der Waals surface area (Å²) in [5.74, 6) is 0.803. The van der Waals surface area contributed by atoms with Gasteiger partial charge in [-0.25, -0.2) is 4.39 Å². The first-order chi connectivity index (χ1) is 16.1. The number of methoxy groups -OCH3 is 1. The van der Waals surface area contributed by atoms with Crippen molar-refractivity contribution < 1.29 is 23.4 Å². The monoisotopic (exact) mass is 444 g/mol. The highest BCUT2D eigenvalue weighted by Gasteiger charge is 2.34. The van der Waals surface area contributed by atoms with E-state index in [4.69, 9.17) is 14.2 Å². The summed E-state index contributed by atoms with van der Waals surface area (Å²) in [5.41, 5.74) is 3.97. The van der Waals surface area contributed by atoms with Gasteiger partial charge in [0.15, 0.2) is 0 Å². The molecule has 5 rings (SSSR count). The van der Waals surface area contributed by atoms with Gasteiger partial charge in [0.1, 0.15) is 23.9 Å². The molecule has 166 valence electrons. The molecule has 3 aromatic carbocycles. The van der Waals surface area contributed by atoms with Crippen molar-refractivity contribution in [3.8, 4) is 28.6 Å². The Morgan fingerprint density at radius 1 is 1.03 bits per heavy atom.